The molecule has 88 valence electrons. The first-order valence-corrected chi connectivity index (χ1v) is 6.94. The third-order valence-electron chi connectivity index (χ3n) is 2.10. The normalized spacial score (nSPS) is 10.2. The van der Waals surface area contributed by atoms with E-state index in [4.69, 9.17) is 10.5 Å². The van der Waals surface area contributed by atoms with Crippen LogP contribution < -0.4 is 10.5 Å². The number of hydrogen-bond donors (Lipinski definition) is 1. The highest BCUT2D eigenvalue weighted by molar-refractivity contribution is 9.10. The highest BCUT2D eigenvalue weighted by Crippen LogP contribution is 2.33. The first-order valence-electron chi connectivity index (χ1n) is 4.92. The number of rotatable bonds is 3. The van der Waals surface area contributed by atoms with Crippen LogP contribution in [0.3, 0.4) is 0 Å². The summed E-state index contributed by atoms with van der Waals surface area (Å²) in [7, 11) is 0. The number of halogens is 1. The lowest BCUT2D eigenvalue weighted by atomic mass is 10.3. The second kappa shape index (κ2) is 5.42. The van der Waals surface area contributed by atoms with Crippen LogP contribution in [0.25, 0.3) is 0 Å². The first-order chi connectivity index (χ1) is 8.20. The zero-order valence-corrected chi connectivity index (χ0v) is 11.6. The molecular formula is C12H11BrN2OS. The number of benzene rings is 1. The van der Waals surface area contributed by atoms with Crippen LogP contribution in [0, 0.1) is 0 Å². The van der Waals surface area contributed by atoms with Gasteiger partial charge < -0.3 is 10.5 Å². The van der Waals surface area contributed by atoms with E-state index in [2.05, 4.69) is 20.9 Å². The summed E-state index contributed by atoms with van der Waals surface area (Å²) in [6.45, 7) is 0. The lowest BCUT2D eigenvalue weighted by molar-refractivity contribution is 0.449. The monoisotopic (exact) mass is 310 g/mol. The van der Waals surface area contributed by atoms with E-state index in [1.165, 1.54) is 0 Å². The maximum atomic E-state index is 5.75. The Labute approximate surface area is 113 Å². The number of nitrogen functional groups attached to an aromatic ring is 1. The highest BCUT2D eigenvalue weighted by Gasteiger charge is 2.07. The van der Waals surface area contributed by atoms with E-state index in [-0.39, 0.29) is 0 Å². The predicted octanol–water partition coefficient (Wildman–Crippen LogP) is 3.94. The Morgan fingerprint density at radius 1 is 1.35 bits per heavy atom. The van der Waals surface area contributed by atoms with Gasteiger partial charge in [0.05, 0.1) is 16.4 Å². The van der Waals surface area contributed by atoms with Crippen LogP contribution in [-0.2, 0) is 0 Å². The molecule has 3 nitrogen and oxygen atoms in total. The molecule has 0 bridgehead atoms. The maximum absolute atomic E-state index is 5.75. The quantitative estimate of drug-likeness (QED) is 0.872. The van der Waals surface area contributed by atoms with E-state index in [9.17, 15) is 0 Å². The number of nitrogens with zero attached hydrogens (tertiary/aromatic N) is 1. The summed E-state index contributed by atoms with van der Waals surface area (Å²) in [6.07, 6.45) is 3.58. The van der Waals surface area contributed by atoms with Gasteiger partial charge in [0.15, 0.2) is 0 Å². The number of aromatic nitrogens is 1. The molecule has 0 saturated carbocycles. The minimum atomic E-state index is 0.515. The van der Waals surface area contributed by atoms with Crippen LogP contribution in [0.5, 0.6) is 11.6 Å². The highest BCUT2D eigenvalue weighted by atomic mass is 79.9. The Morgan fingerprint density at radius 2 is 2.12 bits per heavy atom. The largest absolute Gasteiger partial charge is 0.437 e. The average Bonchev–Trinajstić information content (AvgIpc) is 2.33. The summed E-state index contributed by atoms with van der Waals surface area (Å²) in [6, 6.07) is 9.59. The molecule has 0 radical (unpaired) electrons. The van der Waals surface area contributed by atoms with Crippen molar-refractivity contribution in [2.45, 2.75) is 4.90 Å². The summed E-state index contributed by atoms with van der Waals surface area (Å²) < 4.78 is 6.50. The molecule has 2 aromatic rings. The van der Waals surface area contributed by atoms with E-state index >= 15 is 0 Å². The lowest BCUT2D eigenvalue weighted by Crippen LogP contribution is -1.93. The van der Waals surface area contributed by atoms with Gasteiger partial charge in [-0.3, -0.25) is 0 Å². The van der Waals surface area contributed by atoms with Crippen molar-refractivity contribution in [3.63, 3.8) is 0 Å². The summed E-state index contributed by atoms with van der Waals surface area (Å²) >= 11 is 5.01. The Kier molecular flexibility index (Phi) is 3.91. The molecule has 0 spiro atoms. The zero-order chi connectivity index (χ0) is 12.3. The van der Waals surface area contributed by atoms with Crippen LogP contribution in [-0.4, -0.2) is 11.2 Å². The molecule has 5 heteroatoms. The Morgan fingerprint density at radius 3 is 2.82 bits per heavy atom. The number of ether oxygens (including phenoxy) is 1. The lowest BCUT2D eigenvalue weighted by Gasteiger charge is -2.09. The Balaban J connectivity index is 2.31. The summed E-state index contributed by atoms with van der Waals surface area (Å²) in [5.74, 6) is 1.30. The molecular weight excluding hydrogens is 300 g/mol. The van der Waals surface area contributed by atoms with Gasteiger partial charge in [-0.1, -0.05) is 12.1 Å². The molecule has 0 unspecified atom stereocenters. The number of pyridine rings is 1. The van der Waals surface area contributed by atoms with Crippen LogP contribution in [0.1, 0.15) is 0 Å². The van der Waals surface area contributed by atoms with E-state index in [0.29, 0.717) is 11.6 Å². The van der Waals surface area contributed by atoms with Gasteiger partial charge in [-0.15, -0.1) is 11.8 Å². The van der Waals surface area contributed by atoms with E-state index in [0.717, 1.165) is 15.1 Å². The summed E-state index contributed by atoms with van der Waals surface area (Å²) in [5.41, 5.74) is 6.22. The third-order valence-corrected chi connectivity index (χ3v) is 3.45. The van der Waals surface area contributed by atoms with Gasteiger partial charge in [0, 0.05) is 4.90 Å². The van der Waals surface area contributed by atoms with Crippen molar-refractivity contribution in [2.75, 3.05) is 12.0 Å². The van der Waals surface area contributed by atoms with Crippen LogP contribution in [0.2, 0.25) is 0 Å². The van der Waals surface area contributed by atoms with Crippen LogP contribution in [0.4, 0.5) is 5.69 Å². The number of anilines is 1. The van der Waals surface area contributed by atoms with Gasteiger partial charge >= 0.3 is 0 Å². The minimum absolute atomic E-state index is 0.515. The third kappa shape index (κ3) is 2.92. The van der Waals surface area contributed by atoms with Gasteiger partial charge in [-0.2, -0.15) is 0 Å². The van der Waals surface area contributed by atoms with Crippen molar-refractivity contribution in [3.8, 4) is 11.6 Å². The fraction of sp³-hybridized carbons (Fsp3) is 0.0833. The molecule has 2 rings (SSSR count). The van der Waals surface area contributed by atoms with Crippen molar-refractivity contribution in [2.24, 2.45) is 0 Å². The van der Waals surface area contributed by atoms with E-state index in [1.807, 2.05) is 30.5 Å². The van der Waals surface area contributed by atoms with Crippen molar-refractivity contribution >= 4 is 33.4 Å². The van der Waals surface area contributed by atoms with Crippen molar-refractivity contribution < 1.29 is 4.74 Å². The molecule has 17 heavy (non-hydrogen) atoms. The Hall–Kier alpha value is -1.20. The van der Waals surface area contributed by atoms with Gasteiger partial charge in [0.1, 0.15) is 5.75 Å². The molecule has 0 aliphatic heterocycles. The molecule has 0 aliphatic rings. The molecule has 0 atom stereocenters. The smallest absolute Gasteiger partial charge is 0.233 e. The predicted molar refractivity (Wildman–Crippen MR) is 74.6 cm³/mol. The molecule has 1 heterocycles. The summed E-state index contributed by atoms with van der Waals surface area (Å²) in [4.78, 5) is 5.21. The van der Waals surface area contributed by atoms with Gasteiger partial charge in [0.2, 0.25) is 5.88 Å². The van der Waals surface area contributed by atoms with Gasteiger partial charge in [-0.25, -0.2) is 4.98 Å². The van der Waals surface area contributed by atoms with Gasteiger partial charge in [0.25, 0.3) is 0 Å². The second-order valence-electron chi connectivity index (χ2n) is 3.31. The summed E-state index contributed by atoms with van der Waals surface area (Å²) in [5, 5.41) is 0. The topological polar surface area (TPSA) is 48.1 Å². The molecule has 1 aromatic carbocycles. The zero-order valence-electron chi connectivity index (χ0n) is 9.18. The van der Waals surface area contributed by atoms with E-state index < -0.39 is 0 Å². The SMILES string of the molecule is CSc1ccccc1Oc1ncc(N)cc1Br. The molecule has 0 saturated heterocycles. The van der Waals surface area contributed by atoms with Crippen LogP contribution in [0.15, 0.2) is 45.9 Å². The number of nitrogens with two attached hydrogens (primary N) is 1. The molecule has 0 fully saturated rings. The number of thioether (sulfide) groups is 1. The van der Waals surface area contributed by atoms with E-state index in [1.54, 1.807) is 24.0 Å². The fourth-order valence-electron chi connectivity index (χ4n) is 1.32. The number of para-hydroxylation sites is 1. The Bertz CT molecular complexity index is 534. The molecule has 0 amide bonds. The van der Waals surface area contributed by atoms with Crippen molar-refractivity contribution in [3.05, 3.63) is 41.0 Å². The molecule has 1 aromatic heterocycles. The van der Waals surface area contributed by atoms with Crippen LogP contribution >= 0.6 is 27.7 Å². The molecule has 2 N–H and O–H groups in total. The standard InChI is InChI=1S/C12H11BrN2OS/c1-17-11-5-3-2-4-10(11)16-12-9(13)6-8(14)7-15-12/h2-7H,14H2,1H3. The first kappa shape index (κ1) is 12.3. The van der Waals surface area contributed by atoms with Gasteiger partial charge in [-0.05, 0) is 40.4 Å². The minimum Gasteiger partial charge on any atom is -0.437 e. The fourth-order valence-corrected chi connectivity index (χ4v) is 2.30. The van der Waals surface area contributed by atoms with Crippen molar-refractivity contribution in [1.82, 2.24) is 4.98 Å². The average molecular weight is 311 g/mol. The second-order valence-corrected chi connectivity index (χ2v) is 5.01. The molecule has 0 aliphatic carbocycles. The van der Waals surface area contributed by atoms with Crippen molar-refractivity contribution in [1.29, 1.82) is 0 Å². The number of hydrogen-bond acceptors (Lipinski definition) is 4. The maximum Gasteiger partial charge on any atom is 0.233 e.